The van der Waals surface area contributed by atoms with Crippen LogP contribution in [0.3, 0.4) is 0 Å². The number of carbonyl (C=O) groups excluding carboxylic acids is 3. The molecule has 0 aromatic rings. The van der Waals surface area contributed by atoms with Gasteiger partial charge in [0.05, 0.1) is 13.2 Å². The van der Waals surface area contributed by atoms with E-state index < -0.39 is 0 Å². The van der Waals surface area contributed by atoms with Crippen LogP contribution in [-0.4, -0.2) is 80.5 Å². The number of ether oxygens (including phenoxy) is 2. The Labute approximate surface area is 125 Å². The van der Waals surface area contributed by atoms with Crippen molar-refractivity contribution in [2.24, 2.45) is 0 Å². The van der Waals surface area contributed by atoms with Gasteiger partial charge < -0.3 is 24.1 Å². The summed E-state index contributed by atoms with van der Waals surface area (Å²) >= 11 is 0. The number of ketones is 1. The molecule has 1 fully saturated rings. The van der Waals surface area contributed by atoms with Crippen LogP contribution in [0.4, 0.5) is 0 Å². The SMILES string of the molecule is COCCOCC(=O)N1CCN(C(=O)CCC(C)=O)CC1. The maximum atomic E-state index is 11.9. The predicted octanol–water partition coefficient (Wildman–Crippen LogP) is -0.311. The largest absolute Gasteiger partial charge is 0.382 e. The summed E-state index contributed by atoms with van der Waals surface area (Å²) in [7, 11) is 1.58. The highest BCUT2D eigenvalue weighted by Gasteiger charge is 2.23. The molecule has 0 aromatic carbocycles. The molecule has 0 aliphatic carbocycles. The van der Waals surface area contributed by atoms with E-state index in [4.69, 9.17) is 9.47 Å². The van der Waals surface area contributed by atoms with E-state index in [2.05, 4.69) is 0 Å². The number of piperazine rings is 1. The van der Waals surface area contributed by atoms with Crippen LogP contribution >= 0.6 is 0 Å². The van der Waals surface area contributed by atoms with Crippen LogP contribution in [0.15, 0.2) is 0 Å². The average Bonchev–Trinajstić information content (AvgIpc) is 2.49. The Morgan fingerprint density at radius 1 is 0.905 bits per heavy atom. The molecule has 0 aromatic heterocycles. The molecule has 0 bridgehead atoms. The molecule has 0 unspecified atom stereocenters. The van der Waals surface area contributed by atoms with Crippen LogP contribution in [0.1, 0.15) is 19.8 Å². The number of amides is 2. The van der Waals surface area contributed by atoms with E-state index >= 15 is 0 Å². The quantitative estimate of drug-likeness (QED) is 0.575. The Hall–Kier alpha value is -1.47. The Morgan fingerprint density at radius 2 is 1.48 bits per heavy atom. The van der Waals surface area contributed by atoms with Gasteiger partial charge in [0.2, 0.25) is 11.8 Å². The number of methoxy groups -OCH3 is 1. The van der Waals surface area contributed by atoms with E-state index in [-0.39, 0.29) is 37.0 Å². The summed E-state index contributed by atoms with van der Waals surface area (Å²) in [5.41, 5.74) is 0. The molecule has 0 saturated carbocycles. The van der Waals surface area contributed by atoms with Crippen molar-refractivity contribution in [3.05, 3.63) is 0 Å². The van der Waals surface area contributed by atoms with E-state index in [9.17, 15) is 14.4 Å². The highest BCUT2D eigenvalue weighted by molar-refractivity contribution is 5.84. The summed E-state index contributed by atoms with van der Waals surface area (Å²) < 4.78 is 10.0. The van der Waals surface area contributed by atoms with E-state index in [1.807, 2.05) is 0 Å². The van der Waals surface area contributed by atoms with Gasteiger partial charge in [0, 0.05) is 46.1 Å². The summed E-state index contributed by atoms with van der Waals surface area (Å²) in [5.74, 6) is -0.0686. The lowest BCUT2D eigenvalue weighted by Crippen LogP contribution is -2.51. The summed E-state index contributed by atoms with van der Waals surface area (Å²) in [4.78, 5) is 38.0. The molecule has 1 heterocycles. The van der Waals surface area contributed by atoms with Crippen LogP contribution in [0.25, 0.3) is 0 Å². The molecule has 1 rings (SSSR count). The van der Waals surface area contributed by atoms with Crippen LogP contribution < -0.4 is 0 Å². The monoisotopic (exact) mass is 300 g/mol. The van der Waals surface area contributed by atoms with E-state index in [0.29, 0.717) is 39.4 Å². The van der Waals surface area contributed by atoms with Crippen molar-refractivity contribution in [2.75, 3.05) is 53.1 Å². The second kappa shape index (κ2) is 9.46. The minimum Gasteiger partial charge on any atom is -0.382 e. The normalized spacial score (nSPS) is 15.1. The van der Waals surface area contributed by atoms with Gasteiger partial charge in [-0.1, -0.05) is 0 Å². The van der Waals surface area contributed by atoms with Gasteiger partial charge in [-0.25, -0.2) is 0 Å². The summed E-state index contributed by atoms with van der Waals surface area (Å²) in [5, 5.41) is 0. The number of nitrogens with zero attached hydrogens (tertiary/aromatic N) is 2. The first-order chi connectivity index (χ1) is 10.0. The van der Waals surface area contributed by atoms with Gasteiger partial charge in [0.25, 0.3) is 0 Å². The van der Waals surface area contributed by atoms with Crippen molar-refractivity contribution in [2.45, 2.75) is 19.8 Å². The fourth-order valence-electron chi connectivity index (χ4n) is 2.04. The molecule has 7 heteroatoms. The van der Waals surface area contributed by atoms with Crippen molar-refractivity contribution >= 4 is 17.6 Å². The van der Waals surface area contributed by atoms with Gasteiger partial charge in [0.15, 0.2) is 0 Å². The molecule has 1 aliphatic rings. The summed E-state index contributed by atoms with van der Waals surface area (Å²) in [6.45, 7) is 4.43. The predicted molar refractivity (Wildman–Crippen MR) is 75.8 cm³/mol. The molecule has 1 saturated heterocycles. The number of hydrogen-bond acceptors (Lipinski definition) is 5. The lowest BCUT2D eigenvalue weighted by Gasteiger charge is -2.34. The lowest BCUT2D eigenvalue weighted by molar-refractivity contribution is -0.143. The molecular formula is C14H24N2O5. The topological polar surface area (TPSA) is 76.2 Å². The zero-order chi connectivity index (χ0) is 15.7. The van der Waals surface area contributed by atoms with Crippen molar-refractivity contribution < 1.29 is 23.9 Å². The van der Waals surface area contributed by atoms with Crippen molar-refractivity contribution in [3.63, 3.8) is 0 Å². The first-order valence-electron chi connectivity index (χ1n) is 7.16. The maximum absolute atomic E-state index is 11.9. The van der Waals surface area contributed by atoms with Crippen LogP contribution in [0.5, 0.6) is 0 Å². The van der Waals surface area contributed by atoms with Crippen LogP contribution in [0, 0.1) is 0 Å². The number of rotatable bonds is 8. The molecule has 7 nitrogen and oxygen atoms in total. The second-order valence-electron chi connectivity index (χ2n) is 5.01. The molecule has 0 atom stereocenters. The van der Waals surface area contributed by atoms with Crippen molar-refractivity contribution in [1.29, 1.82) is 0 Å². The van der Waals surface area contributed by atoms with Crippen LogP contribution in [0.2, 0.25) is 0 Å². The lowest BCUT2D eigenvalue weighted by atomic mass is 10.2. The van der Waals surface area contributed by atoms with E-state index in [1.165, 1.54) is 6.92 Å². The van der Waals surface area contributed by atoms with E-state index in [0.717, 1.165) is 0 Å². The van der Waals surface area contributed by atoms with E-state index in [1.54, 1.807) is 16.9 Å². The molecule has 0 spiro atoms. The fraction of sp³-hybridized carbons (Fsp3) is 0.786. The third kappa shape index (κ3) is 6.68. The Bertz CT molecular complexity index is 364. The standard InChI is InChI=1S/C14H24N2O5/c1-12(17)3-4-13(18)15-5-7-16(8-6-15)14(19)11-21-10-9-20-2/h3-11H2,1-2H3. The maximum Gasteiger partial charge on any atom is 0.248 e. The van der Waals surface area contributed by atoms with Crippen molar-refractivity contribution in [3.8, 4) is 0 Å². The van der Waals surface area contributed by atoms with Crippen LogP contribution in [-0.2, 0) is 23.9 Å². The van der Waals surface area contributed by atoms with Gasteiger partial charge in [-0.2, -0.15) is 0 Å². The molecule has 2 amide bonds. The number of carbonyl (C=O) groups is 3. The first kappa shape index (κ1) is 17.6. The molecule has 21 heavy (non-hydrogen) atoms. The first-order valence-corrected chi connectivity index (χ1v) is 7.16. The Balaban J connectivity index is 2.23. The van der Waals surface area contributed by atoms with Gasteiger partial charge in [-0.05, 0) is 6.92 Å². The molecule has 1 aliphatic heterocycles. The summed E-state index contributed by atoms with van der Waals surface area (Å²) in [6.07, 6.45) is 0.536. The fourth-order valence-corrected chi connectivity index (χ4v) is 2.04. The minimum absolute atomic E-state index is 0.0189. The van der Waals surface area contributed by atoms with Gasteiger partial charge in [-0.15, -0.1) is 0 Å². The zero-order valence-electron chi connectivity index (χ0n) is 12.8. The summed E-state index contributed by atoms with van der Waals surface area (Å²) in [6, 6.07) is 0. The molecular weight excluding hydrogens is 276 g/mol. The number of hydrogen-bond donors (Lipinski definition) is 0. The second-order valence-corrected chi connectivity index (χ2v) is 5.01. The third-order valence-corrected chi connectivity index (χ3v) is 3.33. The van der Waals surface area contributed by atoms with Gasteiger partial charge in [0.1, 0.15) is 12.4 Å². The molecule has 120 valence electrons. The smallest absolute Gasteiger partial charge is 0.248 e. The number of Topliss-reactive ketones (excluding diaryl/α,β-unsaturated/α-hetero) is 1. The van der Waals surface area contributed by atoms with Crippen molar-refractivity contribution in [1.82, 2.24) is 9.80 Å². The average molecular weight is 300 g/mol. The molecule has 0 N–H and O–H groups in total. The third-order valence-electron chi connectivity index (χ3n) is 3.33. The van der Waals surface area contributed by atoms with Gasteiger partial charge >= 0.3 is 0 Å². The highest BCUT2D eigenvalue weighted by atomic mass is 16.5. The minimum atomic E-state index is -0.0676. The highest BCUT2D eigenvalue weighted by Crippen LogP contribution is 2.06. The van der Waals surface area contributed by atoms with Gasteiger partial charge in [-0.3, -0.25) is 9.59 Å². The Morgan fingerprint density at radius 3 is 2.00 bits per heavy atom. The molecule has 0 radical (unpaired) electrons. The Kier molecular flexibility index (Phi) is 7.92. The zero-order valence-corrected chi connectivity index (χ0v) is 12.8.